The number of carbonyl (C=O) groups excluding carboxylic acids is 1. The Labute approximate surface area is 114 Å². The number of aliphatic hydroxyl groups is 1. The number of hydrogen-bond donors (Lipinski definition) is 2. The summed E-state index contributed by atoms with van der Waals surface area (Å²) < 4.78 is 0. The first-order valence-corrected chi connectivity index (χ1v) is 6.67. The summed E-state index contributed by atoms with van der Waals surface area (Å²) in [5, 5.41) is 8.86. The van der Waals surface area contributed by atoms with Crippen molar-refractivity contribution in [3.05, 3.63) is 23.4 Å². The first-order valence-electron chi connectivity index (χ1n) is 6.67. The fourth-order valence-electron chi connectivity index (χ4n) is 1.84. The summed E-state index contributed by atoms with van der Waals surface area (Å²) >= 11 is 0. The second kappa shape index (κ2) is 7.09. The van der Waals surface area contributed by atoms with Gasteiger partial charge in [-0.1, -0.05) is 13.8 Å². The molecule has 1 rings (SSSR count). The summed E-state index contributed by atoms with van der Waals surface area (Å²) in [6.45, 7) is 7.19. The highest BCUT2D eigenvalue weighted by atomic mass is 16.3. The lowest BCUT2D eigenvalue weighted by Gasteiger charge is -2.21. The summed E-state index contributed by atoms with van der Waals surface area (Å²) in [6, 6.07) is 3.40. The highest BCUT2D eigenvalue weighted by molar-refractivity contribution is 5.95. The quantitative estimate of drug-likeness (QED) is 0.819. The maximum absolute atomic E-state index is 12.4. The van der Waals surface area contributed by atoms with E-state index in [9.17, 15) is 4.79 Å². The molecule has 0 aliphatic carbocycles. The number of rotatable bonds is 6. The molecule has 0 atom stereocenters. The third kappa shape index (κ3) is 4.21. The third-order valence-electron chi connectivity index (χ3n) is 2.96. The van der Waals surface area contributed by atoms with E-state index < -0.39 is 0 Å². The summed E-state index contributed by atoms with van der Waals surface area (Å²) in [7, 11) is 0. The molecule has 1 aromatic heterocycles. The maximum Gasteiger partial charge on any atom is 0.254 e. The number of pyridine rings is 1. The first kappa shape index (κ1) is 15.4. The zero-order valence-electron chi connectivity index (χ0n) is 11.9. The molecule has 0 unspecified atom stereocenters. The van der Waals surface area contributed by atoms with Crippen molar-refractivity contribution in [1.29, 1.82) is 0 Å². The second-order valence-corrected chi connectivity index (χ2v) is 4.82. The Morgan fingerprint density at radius 3 is 2.68 bits per heavy atom. The molecule has 0 spiro atoms. The van der Waals surface area contributed by atoms with Crippen molar-refractivity contribution in [2.45, 2.75) is 33.1 Å². The van der Waals surface area contributed by atoms with Crippen molar-refractivity contribution in [2.75, 3.05) is 25.4 Å². The lowest BCUT2D eigenvalue weighted by atomic mass is 10.1. The van der Waals surface area contributed by atoms with Gasteiger partial charge in [-0.15, -0.1) is 0 Å². The molecule has 0 saturated carbocycles. The maximum atomic E-state index is 12.4. The third-order valence-corrected chi connectivity index (χ3v) is 2.96. The fourth-order valence-corrected chi connectivity index (χ4v) is 1.84. The predicted octanol–water partition coefficient (Wildman–Crippen LogP) is 1.63. The normalized spacial score (nSPS) is 10.8. The van der Waals surface area contributed by atoms with E-state index in [1.807, 2.05) is 20.8 Å². The molecule has 19 heavy (non-hydrogen) atoms. The zero-order chi connectivity index (χ0) is 14.4. The summed E-state index contributed by atoms with van der Waals surface area (Å²) in [5.41, 5.74) is 7.14. The molecule has 3 N–H and O–H groups in total. The molecule has 0 aliphatic rings. The molecule has 0 aromatic carbocycles. The van der Waals surface area contributed by atoms with Crippen molar-refractivity contribution in [3.8, 4) is 0 Å². The molecule has 5 heteroatoms. The van der Waals surface area contributed by atoms with Crippen LogP contribution in [0.2, 0.25) is 0 Å². The van der Waals surface area contributed by atoms with Crippen LogP contribution in [-0.2, 0) is 0 Å². The number of aliphatic hydroxyl groups excluding tert-OH is 1. The molecule has 106 valence electrons. The topological polar surface area (TPSA) is 79.5 Å². The molecular formula is C14H23N3O2. The first-order chi connectivity index (χ1) is 8.99. The SMILES string of the molecule is CCN(CCCO)C(=O)c1cc(N)nc(C(C)C)c1. The van der Waals surface area contributed by atoms with E-state index in [1.54, 1.807) is 17.0 Å². The van der Waals surface area contributed by atoms with Crippen LogP contribution in [0, 0.1) is 0 Å². The molecule has 0 aliphatic heterocycles. The zero-order valence-corrected chi connectivity index (χ0v) is 11.9. The van der Waals surface area contributed by atoms with E-state index in [0.717, 1.165) is 5.69 Å². The van der Waals surface area contributed by atoms with E-state index in [0.29, 0.717) is 30.9 Å². The van der Waals surface area contributed by atoms with E-state index in [1.165, 1.54) is 0 Å². The minimum Gasteiger partial charge on any atom is -0.396 e. The number of aromatic nitrogens is 1. The van der Waals surface area contributed by atoms with Crippen LogP contribution in [0.1, 0.15) is 49.2 Å². The Hall–Kier alpha value is -1.62. The van der Waals surface area contributed by atoms with Gasteiger partial charge in [-0.2, -0.15) is 0 Å². The summed E-state index contributed by atoms with van der Waals surface area (Å²) in [4.78, 5) is 18.3. The Kier molecular flexibility index (Phi) is 5.76. The van der Waals surface area contributed by atoms with Crippen molar-refractivity contribution in [1.82, 2.24) is 9.88 Å². The number of nitrogens with two attached hydrogens (primary N) is 1. The molecule has 0 fully saturated rings. The Bertz CT molecular complexity index is 433. The van der Waals surface area contributed by atoms with Crippen LogP contribution in [0.15, 0.2) is 12.1 Å². The number of amides is 1. The van der Waals surface area contributed by atoms with Gasteiger partial charge in [0.2, 0.25) is 0 Å². The minimum atomic E-state index is -0.0630. The van der Waals surface area contributed by atoms with Gasteiger partial charge in [-0.05, 0) is 31.4 Å². The predicted molar refractivity (Wildman–Crippen MR) is 76.0 cm³/mol. The van der Waals surface area contributed by atoms with Gasteiger partial charge in [-0.25, -0.2) is 4.98 Å². The lowest BCUT2D eigenvalue weighted by molar-refractivity contribution is 0.0754. The Morgan fingerprint density at radius 2 is 2.16 bits per heavy atom. The van der Waals surface area contributed by atoms with Crippen molar-refractivity contribution >= 4 is 11.7 Å². The van der Waals surface area contributed by atoms with Gasteiger partial charge in [0, 0.05) is 31.0 Å². The van der Waals surface area contributed by atoms with E-state index in [-0.39, 0.29) is 18.4 Å². The van der Waals surface area contributed by atoms with Gasteiger partial charge < -0.3 is 15.7 Å². The highest BCUT2D eigenvalue weighted by Crippen LogP contribution is 2.17. The second-order valence-electron chi connectivity index (χ2n) is 4.82. The molecule has 1 heterocycles. The van der Waals surface area contributed by atoms with Gasteiger partial charge >= 0.3 is 0 Å². The molecule has 1 aromatic rings. The number of hydrogen-bond acceptors (Lipinski definition) is 4. The highest BCUT2D eigenvalue weighted by Gasteiger charge is 2.16. The summed E-state index contributed by atoms with van der Waals surface area (Å²) in [5.74, 6) is 0.530. The smallest absolute Gasteiger partial charge is 0.254 e. The van der Waals surface area contributed by atoms with E-state index >= 15 is 0 Å². The number of nitrogens with zero attached hydrogens (tertiary/aromatic N) is 2. The van der Waals surface area contributed by atoms with Crippen LogP contribution in [0.25, 0.3) is 0 Å². The van der Waals surface area contributed by atoms with Crippen molar-refractivity contribution in [3.63, 3.8) is 0 Å². The molecule has 5 nitrogen and oxygen atoms in total. The van der Waals surface area contributed by atoms with Gasteiger partial charge in [0.1, 0.15) is 5.82 Å². The Morgan fingerprint density at radius 1 is 1.47 bits per heavy atom. The van der Waals surface area contributed by atoms with Crippen molar-refractivity contribution in [2.24, 2.45) is 0 Å². The molecule has 1 amide bonds. The monoisotopic (exact) mass is 265 g/mol. The molecule has 0 bridgehead atoms. The van der Waals surface area contributed by atoms with Gasteiger partial charge in [-0.3, -0.25) is 4.79 Å². The van der Waals surface area contributed by atoms with Crippen LogP contribution >= 0.6 is 0 Å². The van der Waals surface area contributed by atoms with Crippen LogP contribution < -0.4 is 5.73 Å². The van der Waals surface area contributed by atoms with E-state index in [2.05, 4.69) is 4.98 Å². The molecule has 0 saturated heterocycles. The lowest BCUT2D eigenvalue weighted by Crippen LogP contribution is -2.32. The van der Waals surface area contributed by atoms with Crippen LogP contribution in [0.5, 0.6) is 0 Å². The van der Waals surface area contributed by atoms with Crippen LogP contribution in [0.3, 0.4) is 0 Å². The average molecular weight is 265 g/mol. The van der Waals surface area contributed by atoms with Gasteiger partial charge in [0.05, 0.1) is 0 Å². The fraction of sp³-hybridized carbons (Fsp3) is 0.571. The minimum absolute atomic E-state index is 0.0630. The largest absolute Gasteiger partial charge is 0.396 e. The number of nitrogen functional groups attached to an aromatic ring is 1. The van der Waals surface area contributed by atoms with Crippen LogP contribution in [0.4, 0.5) is 5.82 Å². The summed E-state index contributed by atoms with van der Waals surface area (Å²) in [6.07, 6.45) is 0.581. The number of anilines is 1. The van der Waals surface area contributed by atoms with Gasteiger partial charge in [0.15, 0.2) is 0 Å². The molecule has 0 radical (unpaired) electrons. The Balaban J connectivity index is 2.97. The molecular weight excluding hydrogens is 242 g/mol. The standard InChI is InChI=1S/C14H23N3O2/c1-4-17(6-5-7-18)14(19)11-8-12(10(2)3)16-13(15)9-11/h8-10,18H,4-7H2,1-3H3,(H2,15,16). The van der Waals surface area contributed by atoms with Gasteiger partial charge in [0.25, 0.3) is 5.91 Å². The van der Waals surface area contributed by atoms with Crippen LogP contribution in [-0.4, -0.2) is 40.6 Å². The number of carbonyl (C=O) groups is 1. The van der Waals surface area contributed by atoms with Crippen molar-refractivity contribution < 1.29 is 9.90 Å². The van der Waals surface area contributed by atoms with E-state index in [4.69, 9.17) is 10.8 Å². The average Bonchev–Trinajstić information content (AvgIpc) is 2.38.